The summed E-state index contributed by atoms with van der Waals surface area (Å²) in [4.78, 5) is 0. The number of hydrogen-bond acceptors (Lipinski definition) is 3. The van der Waals surface area contributed by atoms with Gasteiger partial charge in [-0.15, -0.1) is 0 Å². The van der Waals surface area contributed by atoms with E-state index in [2.05, 4.69) is 31.3 Å². The smallest absolute Gasteiger partial charge is 0.0945 e. The number of rotatable bonds is 6. The Balaban J connectivity index is 2.39. The first-order valence-corrected chi connectivity index (χ1v) is 5.70. The third-order valence-corrected chi connectivity index (χ3v) is 2.56. The second-order valence-corrected chi connectivity index (χ2v) is 3.99. The second-order valence-electron chi connectivity index (χ2n) is 3.99. The molecule has 0 amide bonds. The first kappa shape index (κ1) is 13.0. The Labute approximate surface area is 97.4 Å². The van der Waals surface area contributed by atoms with Crippen LogP contribution in [0.1, 0.15) is 18.1 Å². The van der Waals surface area contributed by atoms with Crippen molar-refractivity contribution in [2.24, 2.45) is 0 Å². The Kier molecular flexibility index (Phi) is 5.29. The van der Waals surface area contributed by atoms with Gasteiger partial charge in [0, 0.05) is 18.8 Å². The molecule has 0 aliphatic rings. The molecule has 3 heteroatoms. The van der Waals surface area contributed by atoms with Gasteiger partial charge in [0.1, 0.15) is 0 Å². The minimum absolute atomic E-state index is 0.383. The summed E-state index contributed by atoms with van der Waals surface area (Å²) in [5.41, 5.74) is 3.57. The summed E-state index contributed by atoms with van der Waals surface area (Å²) < 4.78 is 5.14. The monoisotopic (exact) mass is 223 g/mol. The fraction of sp³-hybridized carbons (Fsp3) is 0.538. The van der Waals surface area contributed by atoms with Gasteiger partial charge >= 0.3 is 0 Å². The molecule has 0 heterocycles. The summed E-state index contributed by atoms with van der Waals surface area (Å²) in [5.74, 6) is 0. The van der Waals surface area contributed by atoms with Gasteiger partial charge in [-0.1, -0.05) is 6.07 Å². The minimum Gasteiger partial charge on any atom is -0.389 e. The number of nitrogens with one attached hydrogen (secondary N) is 1. The summed E-state index contributed by atoms with van der Waals surface area (Å²) >= 11 is 0. The zero-order valence-electron chi connectivity index (χ0n) is 10.3. The molecule has 1 aromatic rings. The van der Waals surface area contributed by atoms with E-state index in [0.717, 1.165) is 5.69 Å². The predicted octanol–water partition coefficient (Wildman–Crippen LogP) is 2.11. The van der Waals surface area contributed by atoms with Crippen LogP contribution in [0.3, 0.4) is 0 Å². The molecule has 0 radical (unpaired) electrons. The lowest BCUT2D eigenvalue weighted by Crippen LogP contribution is -2.24. The van der Waals surface area contributed by atoms with Crippen molar-refractivity contribution in [2.75, 3.05) is 25.1 Å². The van der Waals surface area contributed by atoms with E-state index < -0.39 is 6.10 Å². The van der Waals surface area contributed by atoms with Crippen molar-refractivity contribution in [3.8, 4) is 0 Å². The molecule has 0 aliphatic carbocycles. The summed E-state index contributed by atoms with van der Waals surface area (Å²) in [6.45, 7) is 7.63. The molecule has 90 valence electrons. The molecule has 0 aliphatic heterocycles. The zero-order chi connectivity index (χ0) is 12.0. The normalized spacial score (nSPS) is 12.5. The van der Waals surface area contributed by atoms with Crippen LogP contribution in [0.4, 0.5) is 5.69 Å². The second kappa shape index (κ2) is 6.51. The maximum atomic E-state index is 9.58. The minimum atomic E-state index is -0.457. The van der Waals surface area contributed by atoms with Gasteiger partial charge in [0.25, 0.3) is 0 Å². The Morgan fingerprint density at radius 1 is 1.31 bits per heavy atom. The summed E-state index contributed by atoms with van der Waals surface area (Å²) in [7, 11) is 0. The van der Waals surface area contributed by atoms with Crippen molar-refractivity contribution in [2.45, 2.75) is 26.9 Å². The highest BCUT2D eigenvalue weighted by Crippen LogP contribution is 2.13. The first-order chi connectivity index (χ1) is 7.63. The molecule has 16 heavy (non-hydrogen) atoms. The number of hydrogen-bond donors (Lipinski definition) is 2. The number of aliphatic hydroxyl groups is 1. The van der Waals surface area contributed by atoms with Crippen LogP contribution in [0.2, 0.25) is 0 Å². The van der Waals surface area contributed by atoms with E-state index in [1.807, 2.05) is 13.0 Å². The highest BCUT2D eigenvalue weighted by atomic mass is 16.5. The average molecular weight is 223 g/mol. The Morgan fingerprint density at radius 3 is 2.69 bits per heavy atom. The van der Waals surface area contributed by atoms with Crippen LogP contribution in [-0.4, -0.2) is 31.0 Å². The van der Waals surface area contributed by atoms with Gasteiger partial charge in [0.2, 0.25) is 0 Å². The van der Waals surface area contributed by atoms with E-state index in [4.69, 9.17) is 4.74 Å². The van der Waals surface area contributed by atoms with Crippen LogP contribution in [-0.2, 0) is 4.74 Å². The third kappa shape index (κ3) is 4.21. The van der Waals surface area contributed by atoms with Crippen molar-refractivity contribution in [3.63, 3.8) is 0 Å². The molecule has 1 aromatic carbocycles. The average Bonchev–Trinajstić information content (AvgIpc) is 2.28. The number of aryl methyl sites for hydroxylation is 2. The molecular formula is C13H21NO2. The van der Waals surface area contributed by atoms with Gasteiger partial charge in [-0.25, -0.2) is 0 Å². The molecule has 1 atom stereocenters. The molecule has 0 saturated carbocycles. The molecular weight excluding hydrogens is 202 g/mol. The summed E-state index contributed by atoms with van der Waals surface area (Å²) in [6, 6.07) is 6.19. The van der Waals surface area contributed by atoms with Crippen LogP contribution >= 0.6 is 0 Å². The molecule has 1 unspecified atom stereocenters. The van der Waals surface area contributed by atoms with Crippen LogP contribution in [0, 0.1) is 13.8 Å². The van der Waals surface area contributed by atoms with Gasteiger partial charge in [-0.2, -0.15) is 0 Å². The molecule has 1 rings (SSSR count). The molecule has 0 bridgehead atoms. The molecule has 2 N–H and O–H groups in total. The number of ether oxygens (including phenoxy) is 1. The Morgan fingerprint density at radius 2 is 2.06 bits per heavy atom. The van der Waals surface area contributed by atoms with Gasteiger partial charge < -0.3 is 15.2 Å². The van der Waals surface area contributed by atoms with Gasteiger partial charge in [-0.3, -0.25) is 0 Å². The van der Waals surface area contributed by atoms with Crippen LogP contribution in [0.15, 0.2) is 18.2 Å². The quantitative estimate of drug-likeness (QED) is 0.776. The maximum absolute atomic E-state index is 9.58. The molecule has 0 saturated heterocycles. The first-order valence-electron chi connectivity index (χ1n) is 5.70. The summed E-state index contributed by atoms with van der Waals surface area (Å²) in [5, 5.41) is 12.8. The van der Waals surface area contributed by atoms with Crippen LogP contribution in [0.25, 0.3) is 0 Å². The highest BCUT2D eigenvalue weighted by molar-refractivity contribution is 5.48. The standard InChI is InChI=1S/C13H21NO2/c1-4-16-9-13(15)8-14-12-6-5-10(2)11(3)7-12/h5-7,13-15H,4,8-9H2,1-3H3. The van der Waals surface area contributed by atoms with Crippen LogP contribution in [0.5, 0.6) is 0 Å². The lowest BCUT2D eigenvalue weighted by atomic mass is 10.1. The van der Waals surface area contributed by atoms with Crippen molar-refractivity contribution >= 4 is 5.69 Å². The number of anilines is 1. The molecule has 0 fully saturated rings. The molecule has 0 aromatic heterocycles. The van der Waals surface area contributed by atoms with Crippen LogP contribution < -0.4 is 5.32 Å². The van der Waals surface area contributed by atoms with Crippen molar-refractivity contribution < 1.29 is 9.84 Å². The lowest BCUT2D eigenvalue weighted by Gasteiger charge is -2.13. The number of benzene rings is 1. The van der Waals surface area contributed by atoms with Gasteiger partial charge in [0.05, 0.1) is 12.7 Å². The molecule has 3 nitrogen and oxygen atoms in total. The van der Waals surface area contributed by atoms with Gasteiger partial charge in [0.15, 0.2) is 0 Å². The van der Waals surface area contributed by atoms with Crippen molar-refractivity contribution in [1.82, 2.24) is 0 Å². The van der Waals surface area contributed by atoms with Gasteiger partial charge in [-0.05, 0) is 44.0 Å². The lowest BCUT2D eigenvalue weighted by molar-refractivity contribution is 0.0496. The van der Waals surface area contributed by atoms with E-state index >= 15 is 0 Å². The van der Waals surface area contributed by atoms with Crippen molar-refractivity contribution in [3.05, 3.63) is 29.3 Å². The fourth-order valence-corrected chi connectivity index (χ4v) is 1.40. The number of aliphatic hydroxyl groups excluding tert-OH is 1. The maximum Gasteiger partial charge on any atom is 0.0945 e. The largest absolute Gasteiger partial charge is 0.389 e. The fourth-order valence-electron chi connectivity index (χ4n) is 1.40. The third-order valence-electron chi connectivity index (χ3n) is 2.56. The SMILES string of the molecule is CCOCC(O)CNc1ccc(C)c(C)c1. The predicted molar refractivity (Wildman–Crippen MR) is 66.9 cm³/mol. The Bertz CT molecular complexity index is 326. The summed E-state index contributed by atoms with van der Waals surface area (Å²) in [6.07, 6.45) is -0.457. The molecule has 0 spiro atoms. The van der Waals surface area contributed by atoms with E-state index in [0.29, 0.717) is 19.8 Å². The highest BCUT2D eigenvalue weighted by Gasteiger charge is 2.03. The van der Waals surface area contributed by atoms with E-state index in [-0.39, 0.29) is 0 Å². The van der Waals surface area contributed by atoms with Crippen molar-refractivity contribution in [1.29, 1.82) is 0 Å². The van der Waals surface area contributed by atoms with E-state index in [9.17, 15) is 5.11 Å². The van der Waals surface area contributed by atoms with E-state index in [1.165, 1.54) is 11.1 Å². The Hall–Kier alpha value is -1.06. The van der Waals surface area contributed by atoms with E-state index in [1.54, 1.807) is 0 Å². The zero-order valence-corrected chi connectivity index (χ0v) is 10.3. The topological polar surface area (TPSA) is 41.5 Å².